The molecule has 0 saturated heterocycles. The lowest BCUT2D eigenvalue weighted by atomic mass is 10.0. The largest absolute Gasteiger partial charge is 0.496 e. The molecule has 1 atom stereocenters. The molecule has 2 rings (SSSR count). The van der Waals surface area contributed by atoms with E-state index >= 15 is 0 Å². The zero-order chi connectivity index (χ0) is 15.4. The summed E-state index contributed by atoms with van der Waals surface area (Å²) >= 11 is 0. The number of benzene rings is 2. The van der Waals surface area contributed by atoms with Gasteiger partial charge in [0.2, 0.25) is 0 Å². The molecule has 0 spiro atoms. The first kappa shape index (κ1) is 15.5. The summed E-state index contributed by atoms with van der Waals surface area (Å²) in [6.07, 6.45) is 0. The van der Waals surface area contributed by atoms with Crippen LogP contribution in [-0.4, -0.2) is 7.11 Å². The first-order valence-corrected chi connectivity index (χ1v) is 7.15. The highest BCUT2D eigenvalue weighted by Gasteiger charge is 2.13. The average molecular weight is 287 g/mol. The highest BCUT2D eigenvalue weighted by Crippen LogP contribution is 2.26. The topological polar surface area (TPSA) is 21.3 Å². The van der Waals surface area contributed by atoms with E-state index in [1.807, 2.05) is 6.92 Å². The van der Waals surface area contributed by atoms with Gasteiger partial charge in [-0.2, -0.15) is 0 Å². The van der Waals surface area contributed by atoms with Crippen LogP contribution in [-0.2, 0) is 6.54 Å². The molecule has 0 amide bonds. The zero-order valence-corrected chi connectivity index (χ0v) is 13.0. The molecule has 0 heterocycles. The quantitative estimate of drug-likeness (QED) is 0.885. The number of rotatable bonds is 5. The first-order chi connectivity index (χ1) is 10.0. The van der Waals surface area contributed by atoms with Crippen molar-refractivity contribution in [1.82, 2.24) is 5.32 Å². The van der Waals surface area contributed by atoms with Gasteiger partial charge in [0.25, 0.3) is 0 Å². The van der Waals surface area contributed by atoms with Crippen LogP contribution in [0.25, 0.3) is 0 Å². The van der Waals surface area contributed by atoms with Gasteiger partial charge in [0.1, 0.15) is 11.6 Å². The van der Waals surface area contributed by atoms with Crippen LogP contribution in [0.1, 0.15) is 35.2 Å². The molecule has 0 aliphatic rings. The Morgan fingerprint density at radius 1 is 1.14 bits per heavy atom. The van der Waals surface area contributed by atoms with Crippen LogP contribution < -0.4 is 10.1 Å². The molecular weight excluding hydrogens is 265 g/mol. The van der Waals surface area contributed by atoms with Gasteiger partial charge >= 0.3 is 0 Å². The van der Waals surface area contributed by atoms with Gasteiger partial charge in [-0.05, 0) is 55.7 Å². The van der Waals surface area contributed by atoms with Crippen LogP contribution in [0.4, 0.5) is 4.39 Å². The molecule has 0 radical (unpaired) electrons. The maximum absolute atomic E-state index is 13.5. The molecule has 0 fully saturated rings. The van der Waals surface area contributed by atoms with Gasteiger partial charge in [-0.3, -0.25) is 0 Å². The maximum atomic E-state index is 13.5. The molecule has 21 heavy (non-hydrogen) atoms. The Morgan fingerprint density at radius 2 is 1.81 bits per heavy atom. The predicted octanol–water partition coefficient (Wildman–Crippen LogP) is 4.30. The molecule has 1 N–H and O–H groups in total. The summed E-state index contributed by atoms with van der Waals surface area (Å²) in [6, 6.07) is 10.9. The summed E-state index contributed by atoms with van der Waals surface area (Å²) in [5.74, 6) is 0.462. The molecule has 3 heteroatoms. The molecule has 1 unspecified atom stereocenters. The summed E-state index contributed by atoms with van der Waals surface area (Å²) in [4.78, 5) is 0. The Labute approximate surface area is 126 Å². The molecule has 2 aromatic carbocycles. The molecule has 0 saturated carbocycles. The summed E-state index contributed by atoms with van der Waals surface area (Å²) in [7, 11) is 1.61. The lowest BCUT2D eigenvalue weighted by Crippen LogP contribution is -2.20. The second-order valence-electron chi connectivity index (χ2n) is 5.36. The molecule has 0 aromatic heterocycles. The van der Waals surface area contributed by atoms with E-state index in [1.54, 1.807) is 13.2 Å². The van der Waals surface area contributed by atoms with Crippen molar-refractivity contribution in [3.63, 3.8) is 0 Å². The van der Waals surface area contributed by atoms with E-state index in [2.05, 4.69) is 37.4 Å². The molecule has 112 valence electrons. The molecule has 0 bridgehead atoms. The first-order valence-electron chi connectivity index (χ1n) is 7.15. The van der Waals surface area contributed by atoms with Crippen LogP contribution in [0.3, 0.4) is 0 Å². The minimum Gasteiger partial charge on any atom is -0.496 e. The number of aryl methyl sites for hydroxylation is 2. The summed E-state index contributed by atoms with van der Waals surface area (Å²) in [6.45, 7) is 6.99. The summed E-state index contributed by atoms with van der Waals surface area (Å²) in [5, 5.41) is 3.45. The summed E-state index contributed by atoms with van der Waals surface area (Å²) in [5.41, 5.74) is 4.66. The number of nitrogens with one attached hydrogen (secondary N) is 1. The maximum Gasteiger partial charge on any atom is 0.123 e. The smallest absolute Gasteiger partial charge is 0.123 e. The van der Waals surface area contributed by atoms with Crippen LogP contribution in [0.15, 0.2) is 36.4 Å². The second kappa shape index (κ2) is 6.72. The lowest BCUT2D eigenvalue weighted by molar-refractivity contribution is 0.399. The number of ether oxygens (including phenoxy) is 1. The Kier molecular flexibility index (Phi) is 4.97. The molecule has 0 aliphatic carbocycles. The minimum atomic E-state index is -0.244. The van der Waals surface area contributed by atoms with Gasteiger partial charge in [0.05, 0.1) is 7.11 Å². The van der Waals surface area contributed by atoms with Crippen molar-refractivity contribution in [2.24, 2.45) is 0 Å². The number of methoxy groups -OCH3 is 1. The minimum absolute atomic E-state index is 0.00894. The highest BCUT2D eigenvalue weighted by molar-refractivity contribution is 5.37. The van der Waals surface area contributed by atoms with Gasteiger partial charge in [-0.25, -0.2) is 4.39 Å². The highest BCUT2D eigenvalue weighted by atomic mass is 19.1. The fraction of sp³-hybridized carbons (Fsp3) is 0.333. The van der Waals surface area contributed by atoms with Crippen LogP contribution in [0.5, 0.6) is 5.75 Å². The van der Waals surface area contributed by atoms with Gasteiger partial charge < -0.3 is 10.1 Å². The third-order valence-corrected chi connectivity index (χ3v) is 3.89. The number of halogens is 1. The van der Waals surface area contributed by atoms with Crippen LogP contribution >= 0.6 is 0 Å². The van der Waals surface area contributed by atoms with Crippen LogP contribution in [0.2, 0.25) is 0 Å². The number of hydrogen-bond donors (Lipinski definition) is 1. The normalized spacial score (nSPS) is 12.2. The van der Waals surface area contributed by atoms with Crippen molar-refractivity contribution in [1.29, 1.82) is 0 Å². The second-order valence-corrected chi connectivity index (χ2v) is 5.36. The van der Waals surface area contributed by atoms with E-state index in [0.29, 0.717) is 5.75 Å². The Hall–Kier alpha value is -1.87. The summed E-state index contributed by atoms with van der Waals surface area (Å²) < 4.78 is 18.8. The number of hydrogen-bond acceptors (Lipinski definition) is 2. The SMILES string of the molecule is COc1ccc(F)cc1C(C)NCc1c(C)cccc1C. The van der Waals surface area contributed by atoms with Gasteiger partial charge in [-0.15, -0.1) is 0 Å². The van der Waals surface area contributed by atoms with Gasteiger partial charge in [0.15, 0.2) is 0 Å². The Bertz CT molecular complexity index is 604. The Morgan fingerprint density at radius 3 is 2.43 bits per heavy atom. The van der Waals surface area contributed by atoms with Crippen molar-refractivity contribution in [3.8, 4) is 5.75 Å². The molecule has 2 aromatic rings. The van der Waals surface area contributed by atoms with Gasteiger partial charge in [0, 0.05) is 18.2 Å². The zero-order valence-electron chi connectivity index (χ0n) is 13.0. The van der Waals surface area contributed by atoms with E-state index in [0.717, 1.165) is 12.1 Å². The van der Waals surface area contributed by atoms with E-state index in [-0.39, 0.29) is 11.9 Å². The van der Waals surface area contributed by atoms with Crippen molar-refractivity contribution >= 4 is 0 Å². The predicted molar refractivity (Wildman–Crippen MR) is 84.1 cm³/mol. The standard InChI is InChI=1S/C18H22FNO/c1-12-6-5-7-13(2)17(12)11-20-14(3)16-10-15(19)8-9-18(16)21-4/h5-10,14,20H,11H2,1-4H3. The van der Waals surface area contributed by atoms with E-state index in [4.69, 9.17) is 4.74 Å². The third kappa shape index (κ3) is 3.61. The van der Waals surface area contributed by atoms with Crippen molar-refractivity contribution < 1.29 is 9.13 Å². The van der Waals surface area contributed by atoms with Crippen molar-refractivity contribution in [2.45, 2.75) is 33.4 Å². The van der Waals surface area contributed by atoms with Crippen molar-refractivity contribution in [2.75, 3.05) is 7.11 Å². The molecular formula is C18H22FNO. The third-order valence-electron chi connectivity index (χ3n) is 3.89. The molecule has 2 nitrogen and oxygen atoms in total. The van der Waals surface area contributed by atoms with E-state index in [1.165, 1.54) is 28.8 Å². The fourth-order valence-corrected chi connectivity index (χ4v) is 2.54. The lowest BCUT2D eigenvalue weighted by Gasteiger charge is -2.19. The van der Waals surface area contributed by atoms with Gasteiger partial charge in [-0.1, -0.05) is 18.2 Å². The molecule has 0 aliphatic heterocycles. The van der Waals surface area contributed by atoms with Crippen molar-refractivity contribution in [3.05, 3.63) is 64.5 Å². The van der Waals surface area contributed by atoms with E-state index < -0.39 is 0 Å². The van der Waals surface area contributed by atoms with Crippen LogP contribution in [0, 0.1) is 19.7 Å². The average Bonchev–Trinajstić information content (AvgIpc) is 2.46. The monoisotopic (exact) mass is 287 g/mol. The fourth-order valence-electron chi connectivity index (χ4n) is 2.54. The van der Waals surface area contributed by atoms with E-state index in [9.17, 15) is 4.39 Å². The Balaban J connectivity index is 2.15.